The topological polar surface area (TPSA) is 43.8 Å². The Morgan fingerprint density at radius 3 is 2.38 bits per heavy atom. The molecule has 2 aromatic carbocycles. The molecule has 1 amide bonds. The molecule has 1 N–H and O–H groups in total. The number of amides is 1. The third-order valence-electron chi connectivity index (χ3n) is 5.85. The van der Waals surface area contributed by atoms with Crippen molar-refractivity contribution in [1.82, 2.24) is 9.80 Å². The molecule has 0 atom stereocenters. The van der Waals surface area contributed by atoms with Gasteiger partial charge in [-0.2, -0.15) is 0 Å². The third-order valence-corrected chi connectivity index (χ3v) is 5.85. The molecular weight excluding hydrogens is 324 g/mol. The van der Waals surface area contributed by atoms with Crippen molar-refractivity contribution < 1.29 is 9.90 Å². The van der Waals surface area contributed by atoms with E-state index in [4.69, 9.17) is 0 Å². The predicted octanol–water partition coefficient (Wildman–Crippen LogP) is 3.41. The molecule has 2 aliphatic rings. The van der Waals surface area contributed by atoms with Crippen LogP contribution < -0.4 is 0 Å². The lowest BCUT2D eigenvalue weighted by molar-refractivity contribution is -0.128. The highest BCUT2D eigenvalue weighted by Gasteiger charge is 2.44. The number of hydrogen-bond acceptors (Lipinski definition) is 3. The van der Waals surface area contributed by atoms with Crippen molar-refractivity contribution in [2.45, 2.75) is 32.4 Å². The van der Waals surface area contributed by atoms with Gasteiger partial charge in [-0.3, -0.25) is 9.69 Å². The molecule has 2 heterocycles. The van der Waals surface area contributed by atoms with Crippen LogP contribution >= 0.6 is 0 Å². The number of hydrogen-bond donors (Lipinski definition) is 1. The van der Waals surface area contributed by atoms with E-state index in [1.165, 1.54) is 5.56 Å². The molecule has 0 radical (unpaired) electrons. The lowest BCUT2D eigenvalue weighted by Gasteiger charge is -2.38. The first-order chi connectivity index (χ1) is 12.6. The predicted molar refractivity (Wildman–Crippen MR) is 102 cm³/mol. The molecule has 2 aliphatic heterocycles. The molecule has 1 spiro atoms. The van der Waals surface area contributed by atoms with Crippen LogP contribution in [-0.4, -0.2) is 40.4 Å². The van der Waals surface area contributed by atoms with Crippen LogP contribution in [0.2, 0.25) is 0 Å². The quantitative estimate of drug-likeness (QED) is 0.919. The lowest BCUT2D eigenvalue weighted by Crippen LogP contribution is -2.41. The number of piperidine rings is 1. The van der Waals surface area contributed by atoms with E-state index in [-0.39, 0.29) is 5.41 Å². The molecule has 0 aliphatic carbocycles. The summed E-state index contributed by atoms with van der Waals surface area (Å²) in [5, 5.41) is 9.63. The Hall–Kier alpha value is -2.33. The van der Waals surface area contributed by atoms with Crippen LogP contribution in [0.3, 0.4) is 0 Å². The maximum atomic E-state index is 12.5. The Morgan fingerprint density at radius 1 is 0.923 bits per heavy atom. The summed E-state index contributed by atoms with van der Waals surface area (Å²) in [5.41, 5.74) is 2.51. The van der Waals surface area contributed by atoms with Crippen molar-refractivity contribution in [3.05, 3.63) is 65.7 Å². The first-order valence-corrected chi connectivity index (χ1v) is 9.44. The van der Waals surface area contributed by atoms with Gasteiger partial charge in [0.05, 0.1) is 0 Å². The smallest absolute Gasteiger partial charge is 0.223 e. The Kier molecular flexibility index (Phi) is 4.68. The zero-order chi connectivity index (χ0) is 18.0. The van der Waals surface area contributed by atoms with Gasteiger partial charge in [-0.25, -0.2) is 0 Å². The number of carbonyl (C=O) groups excluding carboxylic acids is 1. The van der Waals surface area contributed by atoms with Gasteiger partial charge in [-0.15, -0.1) is 0 Å². The maximum Gasteiger partial charge on any atom is 0.223 e. The second-order valence-corrected chi connectivity index (χ2v) is 7.86. The van der Waals surface area contributed by atoms with Gasteiger partial charge in [0, 0.05) is 26.1 Å². The highest BCUT2D eigenvalue weighted by atomic mass is 16.3. The number of phenols is 1. The summed E-state index contributed by atoms with van der Waals surface area (Å²) >= 11 is 0. The first kappa shape index (κ1) is 17.1. The molecule has 0 bridgehead atoms. The van der Waals surface area contributed by atoms with E-state index in [0.29, 0.717) is 18.1 Å². The summed E-state index contributed by atoms with van der Waals surface area (Å²) in [4.78, 5) is 17.0. The Balaban J connectivity index is 1.34. The molecule has 2 fully saturated rings. The molecule has 4 nitrogen and oxygen atoms in total. The molecule has 4 rings (SSSR count). The van der Waals surface area contributed by atoms with Gasteiger partial charge in [-0.05, 0) is 54.6 Å². The second kappa shape index (κ2) is 7.12. The SMILES string of the molecule is O=C1CC2(CCN(Cc3cccc(O)c3)CC2)CN1Cc1ccccc1. The van der Waals surface area contributed by atoms with Crippen LogP contribution in [0.1, 0.15) is 30.4 Å². The number of likely N-dealkylation sites (tertiary alicyclic amines) is 2. The van der Waals surface area contributed by atoms with Gasteiger partial charge in [0.25, 0.3) is 0 Å². The number of carbonyl (C=O) groups is 1. The lowest BCUT2D eigenvalue weighted by atomic mass is 9.77. The van der Waals surface area contributed by atoms with E-state index < -0.39 is 0 Å². The number of aromatic hydroxyl groups is 1. The minimum Gasteiger partial charge on any atom is -0.508 e. The highest BCUT2D eigenvalue weighted by Crippen LogP contribution is 2.41. The van der Waals surface area contributed by atoms with Crippen molar-refractivity contribution in [3.8, 4) is 5.75 Å². The molecule has 4 heteroatoms. The van der Waals surface area contributed by atoms with Crippen molar-refractivity contribution >= 4 is 5.91 Å². The summed E-state index contributed by atoms with van der Waals surface area (Å²) in [5.74, 6) is 0.629. The number of phenolic OH excluding ortho intramolecular Hbond substituents is 1. The fourth-order valence-corrected chi connectivity index (χ4v) is 4.36. The molecule has 0 saturated carbocycles. The minimum atomic E-state index is 0.154. The van der Waals surface area contributed by atoms with Crippen LogP contribution in [0.15, 0.2) is 54.6 Å². The summed E-state index contributed by atoms with van der Waals surface area (Å²) in [7, 11) is 0. The van der Waals surface area contributed by atoms with Gasteiger partial charge < -0.3 is 10.0 Å². The van der Waals surface area contributed by atoms with Crippen molar-refractivity contribution in [2.75, 3.05) is 19.6 Å². The van der Waals surface area contributed by atoms with Crippen LogP contribution in [0, 0.1) is 5.41 Å². The summed E-state index contributed by atoms with van der Waals surface area (Å²) < 4.78 is 0. The summed E-state index contributed by atoms with van der Waals surface area (Å²) in [6.45, 7) is 4.52. The van der Waals surface area contributed by atoms with Crippen LogP contribution in [0.25, 0.3) is 0 Å². The normalized spacial score (nSPS) is 20.0. The minimum absolute atomic E-state index is 0.154. The van der Waals surface area contributed by atoms with E-state index in [9.17, 15) is 9.90 Å². The van der Waals surface area contributed by atoms with Gasteiger partial charge in [0.1, 0.15) is 5.75 Å². The largest absolute Gasteiger partial charge is 0.508 e. The van der Waals surface area contributed by atoms with Crippen LogP contribution in [0.4, 0.5) is 0 Å². The van der Waals surface area contributed by atoms with Gasteiger partial charge in [0.15, 0.2) is 0 Å². The Morgan fingerprint density at radius 2 is 1.65 bits per heavy atom. The van der Waals surface area contributed by atoms with E-state index >= 15 is 0 Å². The maximum absolute atomic E-state index is 12.5. The van der Waals surface area contributed by atoms with Gasteiger partial charge in [-0.1, -0.05) is 42.5 Å². The first-order valence-electron chi connectivity index (χ1n) is 9.44. The number of benzene rings is 2. The van der Waals surface area contributed by atoms with E-state index in [1.54, 1.807) is 6.07 Å². The Labute approximate surface area is 155 Å². The summed E-state index contributed by atoms with van der Waals surface area (Å²) in [6, 6.07) is 17.8. The fourth-order valence-electron chi connectivity index (χ4n) is 4.36. The Bertz CT molecular complexity index is 767. The van der Waals surface area contributed by atoms with Gasteiger partial charge in [0.2, 0.25) is 5.91 Å². The number of rotatable bonds is 4. The molecular formula is C22H26N2O2. The molecule has 2 aromatic rings. The fraction of sp³-hybridized carbons (Fsp3) is 0.409. The second-order valence-electron chi connectivity index (χ2n) is 7.86. The van der Waals surface area contributed by atoms with Crippen LogP contribution in [-0.2, 0) is 17.9 Å². The van der Waals surface area contributed by atoms with Crippen LogP contribution in [0.5, 0.6) is 5.75 Å². The highest BCUT2D eigenvalue weighted by molar-refractivity contribution is 5.79. The molecule has 2 saturated heterocycles. The molecule has 136 valence electrons. The number of nitrogens with zero attached hydrogens (tertiary/aromatic N) is 2. The van der Waals surface area contributed by atoms with Crippen molar-refractivity contribution in [3.63, 3.8) is 0 Å². The monoisotopic (exact) mass is 350 g/mol. The van der Waals surface area contributed by atoms with Crippen molar-refractivity contribution in [1.29, 1.82) is 0 Å². The molecule has 26 heavy (non-hydrogen) atoms. The average Bonchev–Trinajstić information content (AvgIpc) is 2.93. The van der Waals surface area contributed by atoms with E-state index in [1.807, 2.05) is 35.2 Å². The average molecular weight is 350 g/mol. The summed E-state index contributed by atoms with van der Waals surface area (Å²) in [6.07, 6.45) is 2.84. The van der Waals surface area contributed by atoms with E-state index in [0.717, 1.165) is 51.1 Å². The van der Waals surface area contributed by atoms with Crippen molar-refractivity contribution in [2.24, 2.45) is 5.41 Å². The third kappa shape index (κ3) is 3.75. The molecule has 0 unspecified atom stereocenters. The standard InChI is InChI=1S/C22H26N2O2/c25-20-8-4-7-19(13-20)15-23-11-9-22(10-12-23)14-21(26)24(17-22)16-18-5-2-1-3-6-18/h1-8,13,25H,9-12,14-17H2. The zero-order valence-corrected chi connectivity index (χ0v) is 15.1. The molecule has 0 aromatic heterocycles. The van der Waals surface area contributed by atoms with E-state index in [2.05, 4.69) is 23.1 Å². The zero-order valence-electron chi connectivity index (χ0n) is 15.1. The van der Waals surface area contributed by atoms with Gasteiger partial charge >= 0.3 is 0 Å².